The SMILES string of the molecule is COc1cc(C2C(C#N)=C(N)Oc3cc(OC(=O)COc4ccc(Cl)cc4C)ccc32)ccc1OCc1ccc(Cl)cc1Cl. The summed E-state index contributed by atoms with van der Waals surface area (Å²) in [6.07, 6.45) is 0. The summed E-state index contributed by atoms with van der Waals surface area (Å²) < 4.78 is 28.4. The van der Waals surface area contributed by atoms with Gasteiger partial charge < -0.3 is 29.4 Å². The predicted molar refractivity (Wildman–Crippen MR) is 167 cm³/mol. The molecular weight excluding hydrogens is 627 g/mol. The second kappa shape index (κ2) is 13.4. The predicted octanol–water partition coefficient (Wildman–Crippen LogP) is 7.75. The van der Waals surface area contributed by atoms with Crippen LogP contribution >= 0.6 is 34.8 Å². The van der Waals surface area contributed by atoms with E-state index in [4.69, 9.17) is 64.2 Å². The molecule has 2 N–H and O–H groups in total. The molecule has 1 aliphatic heterocycles. The first-order valence-corrected chi connectivity index (χ1v) is 14.4. The number of ether oxygens (including phenoxy) is 5. The maximum atomic E-state index is 12.5. The fraction of sp³-hybridized carbons (Fsp3) is 0.152. The molecule has 4 aromatic rings. The Balaban J connectivity index is 1.35. The molecule has 1 aliphatic rings. The average molecular weight is 652 g/mol. The van der Waals surface area contributed by atoms with Crippen LogP contribution in [0.5, 0.6) is 28.7 Å². The molecule has 1 heterocycles. The molecule has 0 aromatic heterocycles. The summed E-state index contributed by atoms with van der Waals surface area (Å²) in [5.74, 6) is 0.729. The van der Waals surface area contributed by atoms with E-state index in [-0.39, 0.29) is 30.4 Å². The van der Waals surface area contributed by atoms with Crippen LogP contribution in [0.15, 0.2) is 84.3 Å². The van der Waals surface area contributed by atoms with E-state index in [1.54, 1.807) is 66.7 Å². The molecule has 0 aliphatic carbocycles. The Bertz CT molecular complexity index is 1820. The van der Waals surface area contributed by atoms with Crippen molar-refractivity contribution in [1.29, 1.82) is 5.26 Å². The summed E-state index contributed by atoms with van der Waals surface area (Å²) in [5, 5.41) is 11.6. The minimum atomic E-state index is -0.617. The molecule has 224 valence electrons. The van der Waals surface area contributed by atoms with Gasteiger partial charge in [-0.15, -0.1) is 0 Å². The highest BCUT2D eigenvalue weighted by molar-refractivity contribution is 6.35. The third-order valence-electron chi connectivity index (χ3n) is 6.82. The molecule has 44 heavy (non-hydrogen) atoms. The number of nitriles is 1. The highest BCUT2D eigenvalue weighted by Crippen LogP contribution is 2.45. The van der Waals surface area contributed by atoms with Crippen molar-refractivity contribution in [3.8, 4) is 34.8 Å². The smallest absolute Gasteiger partial charge is 0.349 e. The van der Waals surface area contributed by atoms with E-state index < -0.39 is 11.9 Å². The van der Waals surface area contributed by atoms with Crippen molar-refractivity contribution in [1.82, 2.24) is 0 Å². The van der Waals surface area contributed by atoms with Crippen LogP contribution in [0.4, 0.5) is 0 Å². The number of methoxy groups -OCH3 is 1. The second-order valence-corrected chi connectivity index (χ2v) is 11.0. The number of allylic oxidation sites excluding steroid dienone is 1. The summed E-state index contributed by atoms with van der Waals surface area (Å²) in [6, 6.07) is 22.6. The van der Waals surface area contributed by atoms with Crippen LogP contribution in [-0.2, 0) is 11.4 Å². The van der Waals surface area contributed by atoms with Crippen molar-refractivity contribution in [2.75, 3.05) is 13.7 Å². The maximum Gasteiger partial charge on any atom is 0.349 e. The van der Waals surface area contributed by atoms with Gasteiger partial charge in [0.25, 0.3) is 0 Å². The number of hydrogen-bond acceptors (Lipinski definition) is 8. The number of hydrogen-bond donors (Lipinski definition) is 1. The minimum Gasteiger partial charge on any atom is -0.493 e. The molecule has 1 atom stereocenters. The normalized spacial score (nSPS) is 13.8. The summed E-state index contributed by atoms with van der Waals surface area (Å²) in [6.45, 7) is 1.70. The van der Waals surface area contributed by atoms with Gasteiger partial charge in [0.05, 0.1) is 13.0 Å². The number of nitrogens with two attached hydrogens (primary N) is 1. The van der Waals surface area contributed by atoms with Crippen LogP contribution in [-0.4, -0.2) is 19.7 Å². The lowest BCUT2D eigenvalue weighted by Crippen LogP contribution is -2.22. The van der Waals surface area contributed by atoms with E-state index >= 15 is 0 Å². The number of halogens is 3. The Labute approximate surface area is 269 Å². The molecule has 0 bridgehead atoms. The highest BCUT2D eigenvalue weighted by atomic mass is 35.5. The highest BCUT2D eigenvalue weighted by Gasteiger charge is 2.32. The Morgan fingerprint density at radius 2 is 1.68 bits per heavy atom. The quantitative estimate of drug-likeness (QED) is 0.144. The monoisotopic (exact) mass is 650 g/mol. The van der Waals surface area contributed by atoms with Gasteiger partial charge in [0.1, 0.15) is 35.5 Å². The molecule has 4 aromatic carbocycles. The van der Waals surface area contributed by atoms with E-state index in [0.29, 0.717) is 49.2 Å². The molecule has 1 unspecified atom stereocenters. The lowest BCUT2D eigenvalue weighted by atomic mass is 9.83. The fourth-order valence-corrected chi connectivity index (χ4v) is 5.38. The Kier molecular flexibility index (Phi) is 9.40. The zero-order chi connectivity index (χ0) is 31.4. The van der Waals surface area contributed by atoms with Crippen LogP contribution in [0.2, 0.25) is 15.1 Å². The molecule has 0 fully saturated rings. The van der Waals surface area contributed by atoms with E-state index in [1.165, 1.54) is 7.11 Å². The minimum absolute atomic E-state index is 0.0632. The zero-order valence-electron chi connectivity index (χ0n) is 23.5. The lowest BCUT2D eigenvalue weighted by Gasteiger charge is -2.27. The topological polar surface area (TPSA) is 113 Å². The molecule has 0 saturated carbocycles. The van der Waals surface area contributed by atoms with Gasteiger partial charge in [-0.05, 0) is 66.6 Å². The zero-order valence-corrected chi connectivity index (χ0v) is 25.8. The van der Waals surface area contributed by atoms with Crippen molar-refractivity contribution in [3.63, 3.8) is 0 Å². The van der Waals surface area contributed by atoms with Gasteiger partial charge in [-0.1, -0.05) is 53.0 Å². The Hall–Kier alpha value is -4.55. The number of rotatable bonds is 9. The summed E-state index contributed by atoms with van der Waals surface area (Å²) in [5.41, 5.74) is 9.29. The van der Waals surface area contributed by atoms with Crippen LogP contribution in [0, 0.1) is 18.3 Å². The van der Waals surface area contributed by atoms with Gasteiger partial charge in [-0.25, -0.2) is 4.79 Å². The standard InChI is InChI=1S/C33H25Cl3N2O6/c1-18-11-21(34)6-10-27(18)42-17-31(39)43-23-7-8-24-29(14-23)44-33(38)25(15-37)32(24)19-4-9-28(30(12-19)40-2)41-16-20-3-5-22(35)13-26(20)36/h3-14,32H,16-17,38H2,1-2H3. The third kappa shape index (κ3) is 6.81. The van der Waals surface area contributed by atoms with Crippen molar-refractivity contribution < 1.29 is 28.5 Å². The molecular formula is C33H25Cl3N2O6. The number of aryl methyl sites for hydroxylation is 1. The van der Waals surface area contributed by atoms with Gasteiger partial charge in [0.2, 0.25) is 5.88 Å². The molecule has 0 spiro atoms. The third-order valence-corrected chi connectivity index (χ3v) is 7.65. The number of carbonyl (C=O) groups excluding carboxylic acids is 1. The average Bonchev–Trinajstić information content (AvgIpc) is 2.99. The number of benzene rings is 4. The first kappa shape index (κ1) is 30.9. The molecule has 0 amide bonds. The Morgan fingerprint density at radius 3 is 2.41 bits per heavy atom. The molecule has 0 radical (unpaired) electrons. The van der Waals surface area contributed by atoms with Gasteiger partial charge in [-0.2, -0.15) is 5.26 Å². The van der Waals surface area contributed by atoms with Crippen molar-refractivity contribution >= 4 is 40.8 Å². The van der Waals surface area contributed by atoms with Gasteiger partial charge >= 0.3 is 5.97 Å². The van der Waals surface area contributed by atoms with Crippen LogP contribution in [0.25, 0.3) is 0 Å². The molecule has 5 rings (SSSR count). The van der Waals surface area contributed by atoms with E-state index in [0.717, 1.165) is 11.1 Å². The molecule has 11 heteroatoms. The van der Waals surface area contributed by atoms with Crippen molar-refractivity contribution in [2.24, 2.45) is 5.73 Å². The number of carbonyl (C=O) groups is 1. The number of nitrogens with zero attached hydrogens (tertiary/aromatic N) is 1. The van der Waals surface area contributed by atoms with Crippen molar-refractivity contribution in [2.45, 2.75) is 19.4 Å². The Morgan fingerprint density at radius 1 is 0.932 bits per heavy atom. The fourth-order valence-electron chi connectivity index (χ4n) is 4.69. The van der Waals surface area contributed by atoms with Crippen LogP contribution in [0.3, 0.4) is 0 Å². The summed E-state index contributed by atoms with van der Waals surface area (Å²) in [4.78, 5) is 12.5. The second-order valence-electron chi connectivity index (χ2n) is 9.73. The van der Waals surface area contributed by atoms with Crippen LogP contribution in [0.1, 0.15) is 28.2 Å². The van der Waals surface area contributed by atoms with Crippen LogP contribution < -0.4 is 29.4 Å². The summed E-state index contributed by atoms with van der Waals surface area (Å²) in [7, 11) is 1.52. The molecule has 8 nitrogen and oxygen atoms in total. The molecule has 0 saturated heterocycles. The van der Waals surface area contributed by atoms with E-state index in [9.17, 15) is 10.1 Å². The van der Waals surface area contributed by atoms with E-state index in [2.05, 4.69) is 6.07 Å². The van der Waals surface area contributed by atoms with Gasteiger partial charge in [-0.3, -0.25) is 0 Å². The maximum absolute atomic E-state index is 12.5. The summed E-state index contributed by atoms with van der Waals surface area (Å²) >= 11 is 18.3. The van der Waals surface area contributed by atoms with Gasteiger partial charge in [0.15, 0.2) is 18.1 Å². The van der Waals surface area contributed by atoms with Gasteiger partial charge in [0, 0.05) is 32.3 Å². The first-order chi connectivity index (χ1) is 21.2. The number of esters is 1. The number of fused-ring (bicyclic) bond motifs is 1. The van der Waals surface area contributed by atoms with E-state index in [1.807, 2.05) is 13.0 Å². The first-order valence-electron chi connectivity index (χ1n) is 13.2. The van der Waals surface area contributed by atoms with Crippen molar-refractivity contribution in [3.05, 3.63) is 122 Å². The lowest BCUT2D eigenvalue weighted by molar-refractivity contribution is -0.136. The largest absolute Gasteiger partial charge is 0.493 e.